The molecule has 0 aliphatic carbocycles. The van der Waals surface area contributed by atoms with E-state index >= 15 is 0 Å². The summed E-state index contributed by atoms with van der Waals surface area (Å²) >= 11 is 12.2. The van der Waals surface area contributed by atoms with Crippen molar-refractivity contribution >= 4 is 34.8 Å². The number of halogens is 2. The highest BCUT2D eigenvalue weighted by atomic mass is 35.5. The summed E-state index contributed by atoms with van der Waals surface area (Å²) in [6.07, 6.45) is 5.96. The molecular weight excluding hydrogens is 473 g/mol. The molecule has 2 heterocycles. The van der Waals surface area contributed by atoms with Crippen LogP contribution in [0.5, 0.6) is 5.75 Å². The number of pyridine rings is 1. The van der Waals surface area contributed by atoms with Gasteiger partial charge < -0.3 is 15.0 Å². The van der Waals surface area contributed by atoms with E-state index in [1.807, 2.05) is 36.4 Å². The Hall–Kier alpha value is -2.96. The number of amides is 1. The van der Waals surface area contributed by atoms with Crippen molar-refractivity contribution in [1.82, 2.24) is 5.32 Å². The normalized spacial score (nSPS) is 14.1. The fourth-order valence-corrected chi connectivity index (χ4v) is 4.34. The Balaban J connectivity index is 1.24. The molecule has 34 heavy (non-hydrogen) atoms. The highest BCUT2D eigenvalue weighted by molar-refractivity contribution is 6.32. The number of hydrogen-bond donors (Lipinski definition) is 2. The first-order valence-electron chi connectivity index (χ1n) is 11.4. The Morgan fingerprint density at radius 3 is 2.47 bits per heavy atom. The number of carbonyl (C=O) groups is 1. The van der Waals surface area contributed by atoms with Crippen molar-refractivity contribution in [2.45, 2.75) is 19.3 Å². The zero-order valence-electron chi connectivity index (χ0n) is 18.8. The predicted octanol–water partition coefficient (Wildman–Crippen LogP) is 4.79. The minimum Gasteiger partial charge on any atom is -0.492 e. The zero-order valence-corrected chi connectivity index (χ0v) is 20.3. The minimum atomic E-state index is -0.128. The fourth-order valence-electron chi connectivity index (χ4n) is 4.04. The first kappa shape index (κ1) is 24.2. The van der Waals surface area contributed by atoms with Crippen LogP contribution in [0.25, 0.3) is 0 Å². The van der Waals surface area contributed by atoms with Crippen molar-refractivity contribution in [2.24, 2.45) is 5.92 Å². The van der Waals surface area contributed by atoms with E-state index < -0.39 is 0 Å². The van der Waals surface area contributed by atoms with E-state index in [2.05, 4.69) is 10.2 Å². The van der Waals surface area contributed by atoms with Gasteiger partial charge in [0.25, 0.3) is 5.91 Å². The Kier molecular flexibility index (Phi) is 8.14. The van der Waals surface area contributed by atoms with Gasteiger partial charge in [-0.15, -0.1) is 0 Å². The van der Waals surface area contributed by atoms with E-state index in [0.29, 0.717) is 46.8 Å². The van der Waals surface area contributed by atoms with Crippen LogP contribution in [0.2, 0.25) is 10.0 Å². The molecule has 8 heteroatoms. The summed E-state index contributed by atoms with van der Waals surface area (Å²) in [7, 11) is 0. The third-order valence-electron chi connectivity index (χ3n) is 6.08. The number of piperidine rings is 1. The number of nitrogens with zero attached hydrogens (tertiary/aromatic N) is 2. The second-order valence-electron chi connectivity index (χ2n) is 8.45. The molecule has 0 radical (unpaired) electrons. The quantitative estimate of drug-likeness (QED) is 0.344. The standard InChI is InChI=1S/C26H27Cl2N3O3/c27-22-4-1-19(2-5-22)11-16-34-25-17-21(3-6-24(25)28)26(32)29-18-20-7-12-30(13-8-20)23-9-14-31(33)15-10-23/h1-6,9-10,14-15,17,20H,7-8,11-13,16,18H2,(H-,29,32,33)/p+1. The van der Waals surface area contributed by atoms with Crippen LogP contribution in [0.1, 0.15) is 28.8 Å². The van der Waals surface area contributed by atoms with Crippen molar-refractivity contribution < 1.29 is 19.5 Å². The highest BCUT2D eigenvalue weighted by Gasteiger charge is 2.21. The van der Waals surface area contributed by atoms with Gasteiger partial charge in [-0.1, -0.05) is 35.3 Å². The molecule has 2 aromatic carbocycles. The van der Waals surface area contributed by atoms with Crippen LogP contribution in [-0.2, 0) is 6.42 Å². The molecule has 1 aliphatic heterocycles. The smallest absolute Gasteiger partial charge is 0.251 e. The second kappa shape index (κ2) is 11.4. The van der Waals surface area contributed by atoms with Gasteiger partial charge in [0, 0.05) is 59.2 Å². The van der Waals surface area contributed by atoms with Crippen molar-refractivity contribution in [3.8, 4) is 5.75 Å². The number of aromatic nitrogens is 1. The van der Waals surface area contributed by atoms with Gasteiger partial charge >= 0.3 is 0 Å². The third kappa shape index (κ3) is 6.55. The summed E-state index contributed by atoms with van der Waals surface area (Å²) in [5.74, 6) is 0.801. The van der Waals surface area contributed by atoms with Gasteiger partial charge in [-0.25, -0.2) is 0 Å². The summed E-state index contributed by atoms with van der Waals surface area (Å²) in [4.78, 5) is 15.0. The predicted molar refractivity (Wildman–Crippen MR) is 133 cm³/mol. The van der Waals surface area contributed by atoms with Crippen LogP contribution < -0.4 is 19.7 Å². The van der Waals surface area contributed by atoms with E-state index in [4.69, 9.17) is 27.9 Å². The van der Waals surface area contributed by atoms with E-state index in [9.17, 15) is 10.0 Å². The summed E-state index contributed by atoms with van der Waals surface area (Å²) < 4.78 is 6.89. The SMILES string of the molecule is O=C(NCC1CCN(c2cc[n+](O)cc2)CC1)c1ccc(Cl)c(OCCc2ccc(Cl)cc2)c1. The molecule has 1 aromatic heterocycles. The molecule has 0 unspecified atom stereocenters. The Labute approximate surface area is 209 Å². The lowest BCUT2D eigenvalue weighted by Gasteiger charge is -2.33. The maximum absolute atomic E-state index is 12.7. The zero-order chi connectivity index (χ0) is 23.9. The van der Waals surface area contributed by atoms with Crippen LogP contribution in [0.3, 0.4) is 0 Å². The topological polar surface area (TPSA) is 65.7 Å². The molecule has 0 spiro atoms. The van der Waals surface area contributed by atoms with Crippen LogP contribution >= 0.6 is 23.2 Å². The Morgan fingerprint density at radius 2 is 1.76 bits per heavy atom. The minimum absolute atomic E-state index is 0.128. The number of hydrogen-bond acceptors (Lipinski definition) is 4. The van der Waals surface area contributed by atoms with Crippen molar-refractivity contribution in [3.05, 3.63) is 88.2 Å². The van der Waals surface area contributed by atoms with Crippen molar-refractivity contribution in [2.75, 3.05) is 31.1 Å². The number of nitrogens with one attached hydrogen (secondary N) is 1. The lowest BCUT2D eigenvalue weighted by Crippen LogP contribution is -2.39. The number of carbonyl (C=O) groups excluding carboxylic acids is 1. The highest BCUT2D eigenvalue weighted by Crippen LogP contribution is 2.26. The van der Waals surface area contributed by atoms with Crippen LogP contribution in [0, 0.1) is 5.92 Å². The number of benzene rings is 2. The Bertz CT molecular complexity index is 1100. The third-order valence-corrected chi connectivity index (χ3v) is 6.65. The molecule has 2 N–H and O–H groups in total. The number of rotatable bonds is 8. The lowest BCUT2D eigenvalue weighted by atomic mass is 9.96. The van der Waals surface area contributed by atoms with Gasteiger partial charge in [0.1, 0.15) is 5.75 Å². The summed E-state index contributed by atoms with van der Waals surface area (Å²) in [6, 6.07) is 16.5. The van der Waals surface area contributed by atoms with E-state index in [-0.39, 0.29) is 5.91 Å². The van der Waals surface area contributed by atoms with Crippen LogP contribution in [0.4, 0.5) is 5.69 Å². The van der Waals surface area contributed by atoms with Gasteiger partial charge in [-0.05, 0) is 54.7 Å². The molecule has 1 amide bonds. The summed E-state index contributed by atoms with van der Waals surface area (Å²) in [6.45, 7) is 2.92. The second-order valence-corrected chi connectivity index (χ2v) is 9.29. The first-order valence-corrected chi connectivity index (χ1v) is 12.1. The number of ether oxygens (including phenoxy) is 1. The molecule has 4 rings (SSSR count). The molecule has 1 aliphatic rings. The van der Waals surface area contributed by atoms with Crippen LogP contribution in [-0.4, -0.2) is 37.4 Å². The number of anilines is 1. The molecule has 0 saturated carbocycles. The maximum atomic E-state index is 12.7. The molecule has 178 valence electrons. The van der Waals surface area contributed by atoms with Gasteiger partial charge in [-0.3, -0.25) is 10.0 Å². The molecule has 6 nitrogen and oxygen atoms in total. The van der Waals surface area contributed by atoms with E-state index in [1.54, 1.807) is 30.6 Å². The average molecular weight is 501 g/mol. The largest absolute Gasteiger partial charge is 0.492 e. The van der Waals surface area contributed by atoms with E-state index in [0.717, 1.165) is 41.9 Å². The van der Waals surface area contributed by atoms with Gasteiger partial charge in [0.05, 0.1) is 11.6 Å². The summed E-state index contributed by atoms with van der Waals surface area (Å²) in [5.41, 5.74) is 2.74. The molecular formula is C26H28Cl2N3O3+. The van der Waals surface area contributed by atoms with Gasteiger partial charge in [-0.2, -0.15) is 0 Å². The van der Waals surface area contributed by atoms with Crippen molar-refractivity contribution in [1.29, 1.82) is 0 Å². The van der Waals surface area contributed by atoms with Gasteiger partial charge in [0.15, 0.2) is 0 Å². The lowest BCUT2D eigenvalue weighted by molar-refractivity contribution is -0.904. The van der Waals surface area contributed by atoms with Crippen molar-refractivity contribution in [3.63, 3.8) is 0 Å². The molecule has 0 bridgehead atoms. The van der Waals surface area contributed by atoms with Gasteiger partial charge in [0.2, 0.25) is 12.4 Å². The van der Waals surface area contributed by atoms with Crippen LogP contribution in [0.15, 0.2) is 67.0 Å². The molecule has 3 aromatic rings. The summed E-state index contributed by atoms with van der Waals surface area (Å²) in [5, 5.41) is 13.6. The molecule has 1 saturated heterocycles. The Morgan fingerprint density at radius 1 is 1.06 bits per heavy atom. The monoisotopic (exact) mass is 500 g/mol. The maximum Gasteiger partial charge on any atom is 0.251 e. The first-order chi connectivity index (χ1) is 16.5. The molecule has 0 atom stereocenters. The molecule has 1 fully saturated rings. The fraction of sp³-hybridized carbons (Fsp3) is 0.308. The van der Waals surface area contributed by atoms with E-state index in [1.165, 1.54) is 0 Å². The average Bonchev–Trinajstić information content (AvgIpc) is 2.86.